The molecule has 0 saturated heterocycles. The van der Waals surface area contributed by atoms with E-state index in [-0.39, 0.29) is 18.3 Å². The molecule has 0 atom stereocenters. The van der Waals surface area contributed by atoms with E-state index in [1.807, 2.05) is 30.3 Å². The van der Waals surface area contributed by atoms with Crippen LogP contribution < -0.4 is 15.8 Å². The van der Waals surface area contributed by atoms with Gasteiger partial charge in [0.15, 0.2) is 5.82 Å². The Hall–Kier alpha value is -3.13. The summed E-state index contributed by atoms with van der Waals surface area (Å²) >= 11 is 0. The Morgan fingerprint density at radius 1 is 1.28 bits per heavy atom. The number of aromatic nitrogens is 4. The smallest absolute Gasteiger partial charge is 0.224 e. The van der Waals surface area contributed by atoms with Crippen LogP contribution in [0.3, 0.4) is 0 Å². The second kappa shape index (κ2) is 8.91. The van der Waals surface area contributed by atoms with E-state index in [1.54, 1.807) is 23.9 Å². The zero-order valence-corrected chi connectivity index (χ0v) is 16.9. The molecule has 0 unspecified atom stereocenters. The van der Waals surface area contributed by atoms with Crippen LogP contribution in [0.15, 0.2) is 42.5 Å². The largest absolute Gasteiger partial charge is 0.494 e. The van der Waals surface area contributed by atoms with Gasteiger partial charge in [-0.1, -0.05) is 18.2 Å². The minimum atomic E-state index is -0.0847. The molecule has 2 aromatic carbocycles. The number of nitrogen functional groups attached to an aromatic ring is 1. The van der Waals surface area contributed by atoms with Crippen LogP contribution in [0.25, 0.3) is 5.69 Å². The summed E-state index contributed by atoms with van der Waals surface area (Å²) in [4.78, 5) is 12.4. The summed E-state index contributed by atoms with van der Waals surface area (Å²) in [6, 6.07) is 13.0. The molecule has 1 heterocycles. The van der Waals surface area contributed by atoms with Gasteiger partial charge < -0.3 is 15.8 Å². The number of anilines is 2. The van der Waals surface area contributed by atoms with Crippen LogP contribution in [0.4, 0.5) is 11.4 Å². The van der Waals surface area contributed by atoms with E-state index in [0.717, 1.165) is 24.2 Å². The number of tetrazole rings is 1. The number of rotatable bonds is 7. The molecular weight excluding hydrogens is 392 g/mol. The van der Waals surface area contributed by atoms with Gasteiger partial charge in [-0.25, -0.2) is 0 Å². The maximum absolute atomic E-state index is 12.4. The summed E-state index contributed by atoms with van der Waals surface area (Å²) in [5.41, 5.74) is 8.99. The van der Waals surface area contributed by atoms with Gasteiger partial charge in [0.2, 0.25) is 5.91 Å². The van der Waals surface area contributed by atoms with Crippen molar-refractivity contribution < 1.29 is 9.53 Å². The molecule has 1 amide bonds. The van der Waals surface area contributed by atoms with E-state index in [1.165, 1.54) is 0 Å². The van der Waals surface area contributed by atoms with Crippen LogP contribution in [0.2, 0.25) is 0 Å². The van der Waals surface area contributed by atoms with Crippen LogP contribution in [-0.4, -0.2) is 33.2 Å². The molecule has 1 fully saturated rings. The zero-order chi connectivity index (χ0) is 19.5. The average molecular weight is 415 g/mol. The van der Waals surface area contributed by atoms with Crippen molar-refractivity contribution in [1.29, 1.82) is 0 Å². The first-order valence-electron chi connectivity index (χ1n) is 9.25. The molecule has 8 nitrogen and oxygen atoms in total. The summed E-state index contributed by atoms with van der Waals surface area (Å²) in [5.74, 6) is 1.76. The van der Waals surface area contributed by atoms with Gasteiger partial charge in [-0.05, 0) is 59.5 Å². The van der Waals surface area contributed by atoms with Gasteiger partial charge in [-0.2, -0.15) is 4.68 Å². The Balaban J connectivity index is 0.00000240. The predicted octanol–water partition coefficient (Wildman–Crippen LogP) is 3.12. The van der Waals surface area contributed by atoms with E-state index in [9.17, 15) is 4.79 Å². The highest BCUT2D eigenvalue weighted by Crippen LogP contribution is 2.40. The maximum Gasteiger partial charge on any atom is 0.224 e. The second-order valence-corrected chi connectivity index (χ2v) is 6.86. The number of hydrogen-bond acceptors (Lipinski definition) is 6. The third-order valence-corrected chi connectivity index (χ3v) is 4.80. The SMILES string of the molecule is COc1ccc(NC(=O)CCc2ccccc2N)cc1-n1nnnc1C1CC1.Cl. The molecule has 1 aromatic heterocycles. The Kier molecular flexibility index (Phi) is 6.33. The lowest BCUT2D eigenvalue weighted by Crippen LogP contribution is -2.13. The number of carbonyl (C=O) groups excluding carboxylic acids is 1. The molecule has 3 aromatic rings. The van der Waals surface area contributed by atoms with Crippen molar-refractivity contribution in [1.82, 2.24) is 20.2 Å². The third kappa shape index (κ3) is 4.65. The standard InChI is InChI=1S/C20H22N6O2.ClH/c1-28-18-10-9-15(12-17(18)26-20(14-6-7-14)23-24-25-26)22-19(27)11-8-13-4-2-3-5-16(13)21;/h2-5,9-10,12,14H,6-8,11,21H2,1H3,(H,22,27);1H. The average Bonchev–Trinajstić information content (AvgIpc) is 3.44. The number of nitrogens with zero attached hydrogens (tertiary/aromatic N) is 4. The van der Waals surface area contributed by atoms with Gasteiger partial charge in [0.05, 0.1) is 7.11 Å². The molecule has 9 heteroatoms. The van der Waals surface area contributed by atoms with Gasteiger partial charge in [0.1, 0.15) is 11.4 Å². The fourth-order valence-electron chi connectivity index (χ4n) is 3.13. The lowest BCUT2D eigenvalue weighted by Gasteiger charge is -2.12. The quantitative estimate of drug-likeness (QED) is 0.575. The number of nitrogens with one attached hydrogen (secondary N) is 1. The first-order chi connectivity index (χ1) is 13.7. The number of hydrogen-bond donors (Lipinski definition) is 2. The Bertz CT molecular complexity index is 1000. The van der Waals surface area contributed by atoms with E-state index >= 15 is 0 Å². The molecule has 29 heavy (non-hydrogen) atoms. The summed E-state index contributed by atoms with van der Waals surface area (Å²) < 4.78 is 7.15. The predicted molar refractivity (Wildman–Crippen MR) is 113 cm³/mol. The summed E-state index contributed by atoms with van der Waals surface area (Å²) in [6.45, 7) is 0. The molecular formula is C20H23ClN6O2. The number of halogens is 1. The van der Waals surface area contributed by atoms with Gasteiger partial charge in [0, 0.05) is 23.7 Å². The zero-order valence-electron chi connectivity index (χ0n) is 16.0. The van der Waals surface area contributed by atoms with Gasteiger partial charge in [-0.15, -0.1) is 17.5 Å². The number of benzene rings is 2. The monoisotopic (exact) mass is 414 g/mol. The van der Waals surface area contributed by atoms with Crippen LogP contribution in [0.5, 0.6) is 5.75 Å². The van der Waals surface area contributed by atoms with Crippen molar-refractivity contribution in [3.8, 4) is 11.4 Å². The molecule has 1 aliphatic rings. The molecule has 0 radical (unpaired) electrons. The Morgan fingerprint density at radius 2 is 2.07 bits per heavy atom. The highest BCUT2D eigenvalue weighted by molar-refractivity contribution is 5.91. The van der Waals surface area contributed by atoms with Crippen molar-refractivity contribution >= 4 is 29.7 Å². The van der Waals surface area contributed by atoms with Crippen LogP contribution in [-0.2, 0) is 11.2 Å². The van der Waals surface area contributed by atoms with Crippen molar-refractivity contribution in [2.45, 2.75) is 31.6 Å². The number of aryl methyl sites for hydroxylation is 1. The van der Waals surface area contributed by atoms with Crippen LogP contribution in [0, 0.1) is 0 Å². The van der Waals surface area contributed by atoms with E-state index in [2.05, 4.69) is 20.8 Å². The van der Waals surface area contributed by atoms with E-state index in [4.69, 9.17) is 10.5 Å². The number of ether oxygens (including phenoxy) is 1. The molecule has 1 aliphatic carbocycles. The highest BCUT2D eigenvalue weighted by atomic mass is 35.5. The van der Waals surface area contributed by atoms with Crippen LogP contribution >= 0.6 is 12.4 Å². The van der Waals surface area contributed by atoms with Gasteiger partial charge in [0.25, 0.3) is 0 Å². The van der Waals surface area contributed by atoms with Crippen molar-refractivity contribution in [3.63, 3.8) is 0 Å². The summed E-state index contributed by atoms with van der Waals surface area (Å²) in [6.07, 6.45) is 3.09. The Labute approximate surface area is 174 Å². The summed E-state index contributed by atoms with van der Waals surface area (Å²) in [7, 11) is 1.60. The molecule has 0 bridgehead atoms. The van der Waals surface area contributed by atoms with Gasteiger partial charge >= 0.3 is 0 Å². The van der Waals surface area contributed by atoms with Gasteiger partial charge in [-0.3, -0.25) is 4.79 Å². The molecule has 1 saturated carbocycles. The second-order valence-electron chi connectivity index (χ2n) is 6.86. The number of nitrogens with two attached hydrogens (primary N) is 1. The third-order valence-electron chi connectivity index (χ3n) is 4.80. The lowest BCUT2D eigenvalue weighted by atomic mass is 10.1. The molecule has 0 aliphatic heterocycles. The number of amides is 1. The molecule has 0 spiro atoms. The minimum Gasteiger partial charge on any atom is -0.494 e. The minimum absolute atomic E-state index is 0. The van der Waals surface area contributed by atoms with Crippen molar-refractivity contribution in [2.24, 2.45) is 0 Å². The van der Waals surface area contributed by atoms with Crippen LogP contribution in [0.1, 0.15) is 36.6 Å². The van der Waals surface area contributed by atoms with E-state index in [0.29, 0.717) is 41.6 Å². The first kappa shape index (κ1) is 20.6. The molecule has 3 N–H and O–H groups in total. The molecule has 4 rings (SSSR count). The summed E-state index contributed by atoms with van der Waals surface area (Å²) in [5, 5.41) is 15.0. The fraction of sp³-hybridized carbons (Fsp3) is 0.300. The van der Waals surface area contributed by atoms with Crippen molar-refractivity contribution in [2.75, 3.05) is 18.2 Å². The normalized spacial score (nSPS) is 12.9. The Morgan fingerprint density at radius 3 is 2.79 bits per heavy atom. The van der Waals surface area contributed by atoms with Crippen molar-refractivity contribution in [3.05, 3.63) is 53.9 Å². The number of carbonyl (C=O) groups is 1. The lowest BCUT2D eigenvalue weighted by molar-refractivity contribution is -0.116. The molecule has 152 valence electrons. The highest BCUT2D eigenvalue weighted by Gasteiger charge is 2.30. The number of para-hydroxylation sites is 1. The maximum atomic E-state index is 12.4. The first-order valence-corrected chi connectivity index (χ1v) is 9.25. The topological polar surface area (TPSA) is 108 Å². The van der Waals surface area contributed by atoms with E-state index < -0.39 is 0 Å². The number of methoxy groups -OCH3 is 1. The fourth-order valence-corrected chi connectivity index (χ4v) is 3.13.